The van der Waals surface area contributed by atoms with Crippen LogP contribution in [-0.2, 0) is 11.2 Å². The highest BCUT2D eigenvalue weighted by atomic mass is 19.1. The molecule has 11 heteroatoms. The van der Waals surface area contributed by atoms with E-state index < -0.39 is 28.6 Å². The first-order chi connectivity index (χ1) is 20.9. The minimum atomic E-state index is -1.24. The van der Waals surface area contributed by atoms with E-state index in [1.54, 1.807) is 18.7 Å². The van der Waals surface area contributed by atoms with Crippen molar-refractivity contribution in [1.29, 1.82) is 0 Å². The molecule has 0 radical (unpaired) electrons. The number of aryl methyl sites for hydroxylation is 1. The number of phenolic OH excluding ortho intramolecular Hbond substituents is 1. The Hall–Kier alpha value is -3.67. The third-order valence-corrected chi connectivity index (χ3v) is 8.48. The van der Waals surface area contributed by atoms with Gasteiger partial charge in [-0.3, -0.25) is 0 Å². The van der Waals surface area contributed by atoms with Crippen LogP contribution in [0.4, 0.5) is 19.0 Å². The van der Waals surface area contributed by atoms with E-state index in [1.807, 2.05) is 14.1 Å². The number of hydrogen-bond donors (Lipinski definition) is 2. The predicted octanol–water partition coefficient (Wildman–Crippen LogP) is 5.44. The zero-order valence-corrected chi connectivity index (χ0v) is 25.4. The van der Waals surface area contributed by atoms with E-state index in [4.69, 9.17) is 9.47 Å². The van der Waals surface area contributed by atoms with Crippen molar-refractivity contribution in [2.75, 3.05) is 58.5 Å². The Labute approximate surface area is 254 Å². The largest absolute Gasteiger partial charge is 0.508 e. The zero-order valence-electron chi connectivity index (χ0n) is 25.4. The standard InChI is InChI=1S/C33H37F3N4O4/c1-5-21-24(34)7-6-19-12-20(41)13-22(26(19)21)27-25(35)14-23-29(28(27)36)37-31(44-18-33(8-9-33)16-39(3)4)38-30(23)40-10-11-43-17-32(2,42)15-40/h6-7,12-14,41-42H,5,8-11,15-18H2,1-4H3. The Morgan fingerprint density at radius 2 is 1.86 bits per heavy atom. The molecule has 2 heterocycles. The van der Waals surface area contributed by atoms with E-state index in [-0.39, 0.29) is 71.2 Å². The van der Waals surface area contributed by atoms with Gasteiger partial charge in [0.2, 0.25) is 0 Å². The molecule has 1 saturated heterocycles. The summed E-state index contributed by atoms with van der Waals surface area (Å²) in [7, 11) is 3.98. The minimum Gasteiger partial charge on any atom is -0.508 e. The smallest absolute Gasteiger partial charge is 0.319 e. The number of fused-ring (bicyclic) bond motifs is 2. The van der Waals surface area contributed by atoms with E-state index in [0.29, 0.717) is 23.9 Å². The second kappa shape index (κ2) is 11.4. The molecule has 2 N–H and O–H groups in total. The first-order valence-electron chi connectivity index (χ1n) is 14.9. The highest BCUT2D eigenvalue weighted by Crippen LogP contribution is 2.46. The van der Waals surface area contributed by atoms with Crippen molar-refractivity contribution in [3.8, 4) is 22.9 Å². The van der Waals surface area contributed by atoms with Gasteiger partial charge in [-0.05, 0) is 86.4 Å². The van der Waals surface area contributed by atoms with Gasteiger partial charge in [0.25, 0.3) is 0 Å². The van der Waals surface area contributed by atoms with Gasteiger partial charge in [0.05, 0.1) is 31.9 Å². The van der Waals surface area contributed by atoms with Gasteiger partial charge in [0.1, 0.15) is 34.3 Å². The molecule has 1 unspecified atom stereocenters. The Bertz CT molecular complexity index is 1740. The average Bonchev–Trinajstić information content (AvgIpc) is 3.74. The number of hydrogen-bond acceptors (Lipinski definition) is 8. The SMILES string of the molecule is CCc1c(F)ccc2cc(O)cc(-c3c(F)cc4c(N5CCOCC(C)(O)C5)nc(OCC5(CN(C)C)CC5)nc4c3F)c12. The summed E-state index contributed by atoms with van der Waals surface area (Å²) in [6, 6.07) is 6.53. The molecular weight excluding hydrogens is 573 g/mol. The fourth-order valence-corrected chi connectivity index (χ4v) is 6.35. The van der Waals surface area contributed by atoms with Crippen LogP contribution in [0.25, 0.3) is 32.8 Å². The summed E-state index contributed by atoms with van der Waals surface area (Å²) in [6.07, 6.45) is 2.22. The quantitative estimate of drug-likeness (QED) is 0.273. The number of rotatable bonds is 8. The Balaban J connectivity index is 1.56. The van der Waals surface area contributed by atoms with E-state index in [1.165, 1.54) is 24.3 Å². The van der Waals surface area contributed by atoms with Crippen molar-refractivity contribution in [3.63, 3.8) is 0 Å². The fraction of sp³-hybridized carbons (Fsp3) is 0.455. The summed E-state index contributed by atoms with van der Waals surface area (Å²) in [6.45, 7) is 5.30. The van der Waals surface area contributed by atoms with Crippen LogP contribution in [0.2, 0.25) is 0 Å². The summed E-state index contributed by atoms with van der Waals surface area (Å²) in [5.74, 6) is -2.42. The van der Waals surface area contributed by atoms with Gasteiger partial charge in [0.15, 0.2) is 5.82 Å². The van der Waals surface area contributed by atoms with E-state index in [9.17, 15) is 14.6 Å². The molecule has 1 aliphatic carbocycles. The number of anilines is 1. The van der Waals surface area contributed by atoms with Crippen LogP contribution >= 0.6 is 0 Å². The minimum absolute atomic E-state index is 0.0184. The molecule has 1 aromatic heterocycles. The molecule has 8 nitrogen and oxygen atoms in total. The predicted molar refractivity (Wildman–Crippen MR) is 163 cm³/mol. The molecule has 2 fully saturated rings. The first kappa shape index (κ1) is 30.4. The summed E-state index contributed by atoms with van der Waals surface area (Å²) < 4.78 is 59.5. The van der Waals surface area contributed by atoms with Crippen LogP contribution in [0.15, 0.2) is 30.3 Å². The van der Waals surface area contributed by atoms with Gasteiger partial charge in [-0.1, -0.05) is 13.0 Å². The lowest BCUT2D eigenvalue weighted by Gasteiger charge is -2.29. The van der Waals surface area contributed by atoms with Crippen molar-refractivity contribution in [3.05, 3.63) is 53.3 Å². The molecule has 1 atom stereocenters. The van der Waals surface area contributed by atoms with Crippen LogP contribution in [0, 0.1) is 22.9 Å². The van der Waals surface area contributed by atoms with Crippen molar-refractivity contribution in [2.24, 2.45) is 5.41 Å². The molecule has 1 aliphatic heterocycles. The number of β-amino-alcohol motifs (C(OH)–C–C–N with tert-alkyl or cyclic N) is 1. The molecule has 44 heavy (non-hydrogen) atoms. The number of phenols is 1. The van der Waals surface area contributed by atoms with Crippen molar-refractivity contribution < 1.29 is 32.9 Å². The topological polar surface area (TPSA) is 91.2 Å². The number of halogens is 3. The maximum Gasteiger partial charge on any atom is 0.319 e. The van der Waals surface area contributed by atoms with E-state index >= 15 is 8.78 Å². The third-order valence-electron chi connectivity index (χ3n) is 8.48. The van der Waals surface area contributed by atoms with Gasteiger partial charge in [0, 0.05) is 23.9 Å². The van der Waals surface area contributed by atoms with E-state index in [0.717, 1.165) is 25.5 Å². The van der Waals surface area contributed by atoms with Gasteiger partial charge in [-0.15, -0.1) is 0 Å². The van der Waals surface area contributed by atoms with Crippen LogP contribution < -0.4 is 9.64 Å². The Morgan fingerprint density at radius 3 is 2.57 bits per heavy atom. The average molecular weight is 611 g/mol. The molecule has 0 bridgehead atoms. The second-order valence-electron chi connectivity index (χ2n) is 12.7. The van der Waals surface area contributed by atoms with Crippen molar-refractivity contribution in [2.45, 2.75) is 38.7 Å². The Morgan fingerprint density at radius 1 is 1.09 bits per heavy atom. The molecule has 2 aliphatic rings. The van der Waals surface area contributed by atoms with Gasteiger partial charge < -0.3 is 29.5 Å². The molecule has 0 amide bonds. The molecule has 1 saturated carbocycles. The first-order valence-corrected chi connectivity index (χ1v) is 14.9. The van der Waals surface area contributed by atoms with Gasteiger partial charge >= 0.3 is 6.01 Å². The number of aromatic nitrogens is 2. The van der Waals surface area contributed by atoms with Crippen LogP contribution in [-0.4, -0.2) is 84.2 Å². The maximum atomic E-state index is 16.8. The van der Waals surface area contributed by atoms with Crippen LogP contribution in [0.1, 0.15) is 32.3 Å². The number of aliphatic hydroxyl groups is 1. The third kappa shape index (κ3) is 5.76. The second-order valence-corrected chi connectivity index (χ2v) is 12.7. The lowest BCUT2D eigenvalue weighted by Crippen LogP contribution is -2.42. The zero-order chi connectivity index (χ0) is 31.4. The highest BCUT2D eigenvalue weighted by Gasteiger charge is 2.44. The molecule has 4 aromatic rings. The lowest BCUT2D eigenvalue weighted by molar-refractivity contribution is -0.0123. The van der Waals surface area contributed by atoms with Crippen molar-refractivity contribution >= 4 is 27.5 Å². The van der Waals surface area contributed by atoms with E-state index in [2.05, 4.69) is 14.9 Å². The number of ether oxygens (including phenoxy) is 2. The number of benzene rings is 3. The van der Waals surface area contributed by atoms with Gasteiger partial charge in [-0.25, -0.2) is 13.2 Å². The van der Waals surface area contributed by atoms with Gasteiger partial charge in [-0.2, -0.15) is 9.97 Å². The lowest BCUT2D eigenvalue weighted by atomic mass is 9.91. The molecular formula is C33H37F3N4O4. The van der Waals surface area contributed by atoms with Crippen molar-refractivity contribution in [1.82, 2.24) is 14.9 Å². The monoisotopic (exact) mass is 610 g/mol. The summed E-state index contributed by atoms with van der Waals surface area (Å²) in [5, 5.41) is 22.3. The van der Waals surface area contributed by atoms with Crippen LogP contribution in [0.3, 0.4) is 0 Å². The molecule has 0 spiro atoms. The summed E-state index contributed by atoms with van der Waals surface area (Å²) in [4.78, 5) is 12.9. The number of nitrogens with zero attached hydrogens (tertiary/aromatic N) is 4. The molecule has 3 aromatic carbocycles. The molecule has 6 rings (SSSR count). The maximum absolute atomic E-state index is 16.8. The van der Waals surface area contributed by atoms with Crippen LogP contribution in [0.5, 0.6) is 11.8 Å². The fourth-order valence-electron chi connectivity index (χ4n) is 6.35. The highest BCUT2D eigenvalue weighted by molar-refractivity contribution is 6.03. The number of aromatic hydroxyl groups is 1. The summed E-state index contributed by atoms with van der Waals surface area (Å²) >= 11 is 0. The summed E-state index contributed by atoms with van der Waals surface area (Å²) in [5.41, 5.74) is -1.62. The molecule has 234 valence electrons. The normalized spacial score (nSPS) is 20.0. The Kier molecular flexibility index (Phi) is 7.84.